The van der Waals surface area contributed by atoms with Crippen LogP contribution in [0.3, 0.4) is 0 Å². The van der Waals surface area contributed by atoms with Crippen LogP contribution in [-0.2, 0) is 6.42 Å². The highest BCUT2D eigenvalue weighted by atomic mass is 32.2. The molecule has 0 amide bonds. The van der Waals surface area contributed by atoms with Gasteiger partial charge in [0.1, 0.15) is 5.75 Å². The lowest BCUT2D eigenvalue weighted by atomic mass is 10.1. The fourth-order valence-electron chi connectivity index (χ4n) is 2.18. The first-order valence-corrected chi connectivity index (χ1v) is 8.28. The Labute approximate surface area is 131 Å². The number of ether oxygens (including phenoxy) is 1. The van der Waals surface area contributed by atoms with Crippen LogP contribution in [0.5, 0.6) is 5.75 Å². The predicted octanol–water partition coefficient (Wildman–Crippen LogP) is 4.31. The van der Waals surface area contributed by atoms with Crippen LogP contribution in [0.1, 0.15) is 24.1 Å². The van der Waals surface area contributed by atoms with Gasteiger partial charge in [-0.2, -0.15) is 0 Å². The van der Waals surface area contributed by atoms with E-state index in [2.05, 4.69) is 48.6 Å². The third-order valence-corrected chi connectivity index (χ3v) is 4.72. The molecule has 0 aliphatic rings. The Bertz CT molecular complexity index is 536. The van der Waals surface area contributed by atoms with E-state index in [4.69, 9.17) is 4.74 Å². The molecule has 0 aromatic heterocycles. The first-order chi connectivity index (χ1) is 10.3. The third kappa shape index (κ3) is 4.51. The van der Waals surface area contributed by atoms with Crippen LogP contribution in [0.4, 0.5) is 0 Å². The zero-order valence-corrected chi connectivity index (χ0v) is 13.7. The minimum absolute atomic E-state index is 0.364. The number of aryl methyl sites for hydroxylation is 1. The summed E-state index contributed by atoms with van der Waals surface area (Å²) in [6.45, 7) is 2.18. The van der Waals surface area contributed by atoms with Crippen molar-refractivity contribution in [2.45, 2.75) is 24.3 Å². The Morgan fingerprint density at radius 1 is 1.05 bits per heavy atom. The first kappa shape index (κ1) is 15.9. The molecule has 0 spiro atoms. The minimum Gasteiger partial charge on any atom is -0.497 e. The lowest BCUT2D eigenvalue weighted by Crippen LogP contribution is -2.18. The molecule has 1 unspecified atom stereocenters. The highest BCUT2D eigenvalue weighted by Gasteiger charge is 2.09. The second-order valence-electron chi connectivity index (χ2n) is 4.92. The molecule has 1 atom stereocenters. The van der Waals surface area contributed by atoms with Gasteiger partial charge in [0.05, 0.1) is 7.11 Å². The van der Waals surface area contributed by atoms with Crippen molar-refractivity contribution < 1.29 is 4.74 Å². The van der Waals surface area contributed by atoms with Crippen LogP contribution < -0.4 is 10.1 Å². The SMILES string of the molecule is CCc1ccc(C(CSc2ccc(OC)cc2)NC)cc1. The van der Waals surface area contributed by atoms with Gasteiger partial charge in [-0.15, -0.1) is 11.8 Å². The van der Waals surface area contributed by atoms with Crippen LogP contribution in [0.2, 0.25) is 0 Å². The van der Waals surface area contributed by atoms with Crippen molar-refractivity contribution in [1.82, 2.24) is 5.32 Å². The summed E-state index contributed by atoms with van der Waals surface area (Å²) in [5, 5.41) is 3.40. The van der Waals surface area contributed by atoms with Crippen molar-refractivity contribution in [2.24, 2.45) is 0 Å². The van der Waals surface area contributed by atoms with Crippen molar-refractivity contribution >= 4 is 11.8 Å². The fourth-order valence-corrected chi connectivity index (χ4v) is 3.23. The highest BCUT2D eigenvalue weighted by molar-refractivity contribution is 7.99. The van der Waals surface area contributed by atoms with Crippen LogP contribution >= 0.6 is 11.8 Å². The average Bonchev–Trinajstić information content (AvgIpc) is 2.56. The molecule has 2 aromatic carbocycles. The molecular weight excluding hydrogens is 278 g/mol. The maximum Gasteiger partial charge on any atom is 0.118 e. The zero-order valence-electron chi connectivity index (χ0n) is 12.9. The number of hydrogen-bond acceptors (Lipinski definition) is 3. The van der Waals surface area contributed by atoms with Gasteiger partial charge in [-0.05, 0) is 48.9 Å². The Balaban J connectivity index is 1.97. The second-order valence-corrected chi connectivity index (χ2v) is 6.02. The van der Waals surface area contributed by atoms with Gasteiger partial charge in [-0.25, -0.2) is 0 Å². The molecule has 2 nitrogen and oxygen atoms in total. The molecule has 21 heavy (non-hydrogen) atoms. The monoisotopic (exact) mass is 301 g/mol. The molecule has 3 heteroatoms. The van der Waals surface area contributed by atoms with Crippen molar-refractivity contribution in [2.75, 3.05) is 19.9 Å². The molecule has 0 saturated heterocycles. The summed E-state index contributed by atoms with van der Waals surface area (Å²) in [6.07, 6.45) is 1.09. The van der Waals surface area contributed by atoms with E-state index in [-0.39, 0.29) is 0 Å². The quantitative estimate of drug-likeness (QED) is 0.770. The fraction of sp³-hybridized carbons (Fsp3) is 0.333. The maximum atomic E-state index is 5.19. The standard InChI is InChI=1S/C18H23NOS/c1-4-14-5-7-15(8-6-14)18(19-2)13-21-17-11-9-16(20-3)10-12-17/h5-12,18-19H,4,13H2,1-3H3. The van der Waals surface area contributed by atoms with Gasteiger partial charge in [0.2, 0.25) is 0 Å². The van der Waals surface area contributed by atoms with Crippen molar-refractivity contribution in [3.05, 3.63) is 59.7 Å². The number of rotatable bonds is 7. The second kappa shape index (κ2) is 8.11. The van der Waals surface area contributed by atoms with E-state index in [0.29, 0.717) is 6.04 Å². The number of benzene rings is 2. The molecular formula is C18H23NOS. The molecule has 0 aliphatic carbocycles. The predicted molar refractivity (Wildman–Crippen MR) is 91.3 cm³/mol. The molecule has 0 aliphatic heterocycles. The van der Waals surface area contributed by atoms with Crippen molar-refractivity contribution in [1.29, 1.82) is 0 Å². The molecule has 112 valence electrons. The topological polar surface area (TPSA) is 21.3 Å². The number of nitrogens with one attached hydrogen (secondary N) is 1. The van der Waals surface area contributed by atoms with E-state index in [1.165, 1.54) is 16.0 Å². The van der Waals surface area contributed by atoms with E-state index in [0.717, 1.165) is 17.9 Å². The van der Waals surface area contributed by atoms with Crippen molar-refractivity contribution in [3.8, 4) is 5.75 Å². The summed E-state index contributed by atoms with van der Waals surface area (Å²) in [5.74, 6) is 1.91. The van der Waals surface area contributed by atoms with Crippen LogP contribution in [0.15, 0.2) is 53.4 Å². The van der Waals surface area contributed by atoms with Gasteiger partial charge in [0.15, 0.2) is 0 Å². The van der Waals surface area contributed by atoms with Gasteiger partial charge >= 0.3 is 0 Å². The van der Waals surface area contributed by atoms with E-state index in [1.807, 2.05) is 30.9 Å². The molecule has 2 rings (SSSR count). The summed E-state index contributed by atoms with van der Waals surface area (Å²) >= 11 is 1.86. The largest absolute Gasteiger partial charge is 0.497 e. The van der Waals surface area contributed by atoms with E-state index in [9.17, 15) is 0 Å². The third-order valence-electron chi connectivity index (χ3n) is 3.61. The molecule has 0 saturated carbocycles. The first-order valence-electron chi connectivity index (χ1n) is 7.29. The van der Waals surface area contributed by atoms with Crippen LogP contribution in [0, 0.1) is 0 Å². The van der Waals surface area contributed by atoms with Gasteiger partial charge in [0, 0.05) is 16.7 Å². The lowest BCUT2D eigenvalue weighted by molar-refractivity contribution is 0.414. The summed E-state index contributed by atoms with van der Waals surface area (Å²) in [5.41, 5.74) is 2.73. The Morgan fingerprint density at radius 2 is 1.71 bits per heavy atom. The normalized spacial score (nSPS) is 12.1. The van der Waals surface area contributed by atoms with E-state index in [1.54, 1.807) is 7.11 Å². The van der Waals surface area contributed by atoms with Gasteiger partial charge in [-0.1, -0.05) is 31.2 Å². The minimum atomic E-state index is 0.364. The average molecular weight is 301 g/mol. The molecule has 1 N–H and O–H groups in total. The zero-order chi connectivity index (χ0) is 15.1. The smallest absolute Gasteiger partial charge is 0.118 e. The molecule has 0 fully saturated rings. The lowest BCUT2D eigenvalue weighted by Gasteiger charge is -2.17. The molecule has 0 heterocycles. The highest BCUT2D eigenvalue weighted by Crippen LogP contribution is 2.26. The van der Waals surface area contributed by atoms with Crippen molar-refractivity contribution in [3.63, 3.8) is 0 Å². The Hall–Kier alpha value is -1.45. The summed E-state index contributed by atoms with van der Waals surface area (Å²) in [6, 6.07) is 17.5. The summed E-state index contributed by atoms with van der Waals surface area (Å²) in [7, 11) is 3.71. The number of hydrogen-bond donors (Lipinski definition) is 1. The van der Waals surface area contributed by atoms with Crippen LogP contribution in [-0.4, -0.2) is 19.9 Å². The van der Waals surface area contributed by atoms with Crippen LogP contribution in [0.25, 0.3) is 0 Å². The molecule has 0 bridgehead atoms. The molecule has 0 radical (unpaired) electrons. The molecule has 2 aromatic rings. The summed E-state index contributed by atoms with van der Waals surface area (Å²) in [4.78, 5) is 1.27. The number of thioether (sulfide) groups is 1. The summed E-state index contributed by atoms with van der Waals surface area (Å²) < 4.78 is 5.19. The van der Waals surface area contributed by atoms with Gasteiger partial charge < -0.3 is 10.1 Å². The van der Waals surface area contributed by atoms with Gasteiger partial charge in [0.25, 0.3) is 0 Å². The Morgan fingerprint density at radius 3 is 2.24 bits per heavy atom. The van der Waals surface area contributed by atoms with E-state index >= 15 is 0 Å². The Kier molecular flexibility index (Phi) is 6.15. The van der Waals surface area contributed by atoms with Gasteiger partial charge in [-0.3, -0.25) is 0 Å². The number of methoxy groups -OCH3 is 1. The maximum absolute atomic E-state index is 5.19. The van der Waals surface area contributed by atoms with E-state index < -0.39 is 0 Å².